The van der Waals surface area contributed by atoms with Crippen LogP contribution < -0.4 is 5.32 Å². The van der Waals surface area contributed by atoms with Crippen LogP contribution in [0.3, 0.4) is 0 Å². The average Bonchev–Trinajstić information content (AvgIpc) is 3.02. The summed E-state index contributed by atoms with van der Waals surface area (Å²) < 4.78 is 18.6. The lowest BCUT2D eigenvalue weighted by Crippen LogP contribution is -2.45. The van der Waals surface area contributed by atoms with Crippen LogP contribution in [0.5, 0.6) is 0 Å². The minimum absolute atomic E-state index is 0.184. The third kappa shape index (κ3) is 5.99. The quantitative estimate of drug-likeness (QED) is 0.575. The lowest BCUT2D eigenvalue weighted by Gasteiger charge is -2.28. The number of allylic oxidation sites excluding steroid dienone is 1. The smallest absolute Gasteiger partial charge is 0.347 e. The molecule has 1 heterocycles. The molecule has 3 rings (SSSR count). The SMILES string of the molecule is COC1=C(O)C(C(=O)NC(C)C(=O)ON(C)C(c2ccccc2)c2ccc(F)cc2)=NCCC1. The number of nitrogens with zero attached hydrogens (tertiary/aromatic N) is 2. The summed E-state index contributed by atoms with van der Waals surface area (Å²) in [5, 5.41) is 14.2. The van der Waals surface area contributed by atoms with Gasteiger partial charge in [-0.2, -0.15) is 0 Å². The lowest BCUT2D eigenvalue weighted by atomic mass is 9.99. The molecule has 0 aromatic heterocycles. The van der Waals surface area contributed by atoms with Crippen LogP contribution in [0.25, 0.3) is 0 Å². The van der Waals surface area contributed by atoms with Crippen molar-refractivity contribution in [2.24, 2.45) is 4.99 Å². The van der Waals surface area contributed by atoms with Gasteiger partial charge in [0.15, 0.2) is 11.5 Å². The van der Waals surface area contributed by atoms with Gasteiger partial charge < -0.3 is 20.0 Å². The van der Waals surface area contributed by atoms with Gasteiger partial charge in [0.25, 0.3) is 5.91 Å². The Morgan fingerprint density at radius 2 is 1.76 bits per heavy atom. The number of carbonyl (C=O) groups excluding carboxylic acids is 2. The van der Waals surface area contributed by atoms with E-state index in [1.807, 2.05) is 30.3 Å². The van der Waals surface area contributed by atoms with E-state index >= 15 is 0 Å². The Morgan fingerprint density at radius 3 is 2.41 bits per heavy atom. The predicted octanol–water partition coefficient (Wildman–Crippen LogP) is 3.46. The Bertz CT molecular complexity index is 1070. The van der Waals surface area contributed by atoms with Crippen molar-refractivity contribution in [1.29, 1.82) is 0 Å². The van der Waals surface area contributed by atoms with Crippen LogP contribution in [0.1, 0.15) is 36.9 Å². The maximum Gasteiger partial charge on any atom is 0.347 e. The number of carbonyl (C=O) groups is 2. The molecule has 0 bridgehead atoms. The maximum absolute atomic E-state index is 13.5. The first-order valence-corrected chi connectivity index (χ1v) is 10.9. The molecule has 0 fully saturated rings. The average molecular weight is 470 g/mol. The van der Waals surface area contributed by atoms with E-state index < -0.39 is 24.0 Å². The van der Waals surface area contributed by atoms with E-state index in [1.165, 1.54) is 31.2 Å². The molecular weight excluding hydrogens is 441 g/mol. The minimum Gasteiger partial charge on any atom is -0.503 e. The fourth-order valence-corrected chi connectivity index (χ4v) is 3.62. The number of aliphatic imine (C=N–C) groups is 1. The molecule has 1 amide bonds. The Hall–Kier alpha value is -3.72. The Kier molecular flexibility index (Phi) is 8.37. The molecule has 1 aliphatic heterocycles. The van der Waals surface area contributed by atoms with Crippen LogP contribution in [0.2, 0.25) is 0 Å². The van der Waals surface area contributed by atoms with Gasteiger partial charge in [-0.25, -0.2) is 9.18 Å². The predicted molar refractivity (Wildman–Crippen MR) is 124 cm³/mol. The molecule has 8 nitrogen and oxygen atoms in total. The van der Waals surface area contributed by atoms with Crippen molar-refractivity contribution in [2.75, 3.05) is 20.7 Å². The number of aliphatic hydroxyl groups excluding tert-OH is 1. The molecule has 2 atom stereocenters. The van der Waals surface area contributed by atoms with E-state index in [0.717, 1.165) is 11.1 Å². The molecule has 180 valence electrons. The summed E-state index contributed by atoms with van der Waals surface area (Å²) in [6.45, 7) is 1.82. The summed E-state index contributed by atoms with van der Waals surface area (Å²) in [5.74, 6) is -1.87. The van der Waals surface area contributed by atoms with Crippen LogP contribution in [0.4, 0.5) is 4.39 Å². The van der Waals surface area contributed by atoms with Crippen LogP contribution in [-0.4, -0.2) is 54.5 Å². The van der Waals surface area contributed by atoms with Gasteiger partial charge >= 0.3 is 5.97 Å². The van der Waals surface area contributed by atoms with Gasteiger partial charge in [0, 0.05) is 20.0 Å². The van der Waals surface area contributed by atoms with Gasteiger partial charge in [-0.1, -0.05) is 42.5 Å². The number of hydroxylamine groups is 2. The fraction of sp³-hybridized carbons (Fsp3) is 0.320. The number of benzene rings is 2. The molecule has 34 heavy (non-hydrogen) atoms. The molecule has 2 N–H and O–H groups in total. The number of halogens is 1. The molecule has 1 aliphatic rings. The Balaban J connectivity index is 1.73. The molecule has 0 radical (unpaired) electrons. The maximum atomic E-state index is 13.5. The zero-order valence-corrected chi connectivity index (χ0v) is 19.3. The first kappa shape index (κ1) is 24.9. The summed E-state index contributed by atoms with van der Waals surface area (Å²) in [4.78, 5) is 35.1. The first-order chi connectivity index (χ1) is 16.3. The summed E-state index contributed by atoms with van der Waals surface area (Å²) in [5.41, 5.74) is 1.36. The van der Waals surface area contributed by atoms with E-state index in [1.54, 1.807) is 19.2 Å². The zero-order chi connectivity index (χ0) is 24.7. The molecule has 0 spiro atoms. The summed E-state index contributed by atoms with van der Waals surface area (Å²) in [7, 11) is 2.99. The van der Waals surface area contributed by atoms with Gasteiger partial charge in [-0.05, 0) is 36.6 Å². The Morgan fingerprint density at radius 1 is 1.12 bits per heavy atom. The molecular formula is C25H28FN3O5. The van der Waals surface area contributed by atoms with Crippen molar-refractivity contribution in [3.05, 3.63) is 83.1 Å². The van der Waals surface area contributed by atoms with E-state index in [0.29, 0.717) is 19.4 Å². The van der Waals surface area contributed by atoms with Gasteiger partial charge in [0.1, 0.15) is 17.6 Å². The van der Waals surface area contributed by atoms with Crippen LogP contribution in [-0.2, 0) is 19.2 Å². The van der Waals surface area contributed by atoms with Gasteiger partial charge in [0.2, 0.25) is 0 Å². The van der Waals surface area contributed by atoms with Crippen molar-refractivity contribution in [3.8, 4) is 0 Å². The highest BCUT2D eigenvalue weighted by Gasteiger charge is 2.29. The van der Waals surface area contributed by atoms with E-state index in [4.69, 9.17) is 9.57 Å². The molecule has 9 heteroatoms. The van der Waals surface area contributed by atoms with Crippen LogP contribution >= 0.6 is 0 Å². The van der Waals surface area contributed by atoms with Gasteiger partial charge in [-0.15, -0.1) is 5.06 Å². The fourth-order valence-electron chi connectivity index (χ4n) is 3.62. The van der Waals surface area contributed by atoms with Crippen molar-refractivity contribution in [3.63, 3.8) is 0 Å². The second-order valence-corrected chi connectivity index (χ2v) is 7.83. The van der Waals surface area contributed by atoms with Crippen molar-refractivity contribution in [2.45, 2.75) is 31.8 Å². The van der Waals surface area contributed by atoms with E-state index in [9.17, 15) is 19.1 Å². The number of aliphatic hydroxyl groups is 1. The molecule has 2 aromatic carbocycles. The lowest BCUT2D eigenvalue weighted by molar-refractivity contribution is -0.193. The topological polar surface area (TPSA) is 100 Å². The number of nitrogens with one attached hydrogen (secondary N) is 1. The van der Waals surface area contributed by atoms with Gasteiger partial charge in [0.05, 0.1) is 13.2 Å². The number of methoxy groups -OCH3 is 1. The molecule has 0 saturated heterocycles. The van der Waals surface area contributed by atoms with E-state index in [2.05, 4.69) is 10.3 Å². The number of hydrogen-bond acceptors (Lipinski definition) is 7. The van der Waals surface area contributed by atoms with Crippen molar-refractivity contribution >= 4 is 17.6 Å². The normalized spacial score (nSPS) is 15.7. The van der Waals surface area contributed by atoms with Gasteiger partial charge in [-0.3, -0.25) is 9.79 Å². The van der Waals surface area contributed by atoms with Crippen molar-refractivity contribution in [1.82, 2.24) is 10.4 Å². The number of amides is 1. The van der Waals surface area contributed by atoms with E-state index in [-0.39, 0.29) is 23.0 Å². The first-order valence-electron chi connectivity index (χ1n) is 10.9. The summed E-state index contributed by atoms with van der Waals surface area (Å²) in [6, 6.07) is 13.7. The van der Waals surface area contributed by atoms with Crippen molar-refractivity contribution < 1.29 is 28.7 Å². The number of rotatable bonds is 8. The minimum atomic E-state index is -1.04. The third-order valence-corrected chi connectivity index (χ3v) is 5.38. The highest BCUT2D eigenvalue weighted by Crippen LogP contribution is 2.28. The second-order valence-electron chi connectivity index (χ2n) is 7.83. The molecule has 0 saturated carbocycles. The number of hydrogen-bond donors (Lipinski definition) is 2. The highest BCUT2D eigenvalue weighted by molar-refractivity contribution is 6.45. The molecule has 2 aromatic rings. The monoisotopic (exact) mass is 469 g/mol. The summed E-state index contributed by atoms with van der Waals surface area (Å²) >= 11 is 0. The third-order valence-electron chi connectivity index (χ3n) is 5.38. The molecule has 0 aliphatic carbocycles. The van der Waals surface area contributed by atoms with Crippen LogP contribution in [0, 0.1) is 5.82 Å². The summed E-state index contributed by atoms with van der Waals surface area (Å²) in [6.07, 6.45) is 1.08. The Labute approximate surface area is 197 Å². The standard InChI is InChI=1S/C25H28FN3O5/c1-16(28-24(31)21-23(30)20(33-3)10-7-15-27-21)25(32)34-29(2)22(17-8-5-4-6-9-17)18-11-13-19(26)14-12-18/h4-6,8-9,11-14,16,22,30H,7,10,15H2,1-3H3,(H,28,31). The molecule has 2 unspecified atom stereocenters. The highest BCUT2D eigenvalue weighted by atomic mass is 19.1. The van der Waals surface area contributed by atoms with Crippen LogP contribution in [0.15, 0.2) is 71.1 Å². The number of ether oxygens (including phenoxy) is 1. The second kappa shape index (κ2) is 11.4. The zero-order valence-electron chi connectivity index (χ0n) is 19.3. The largest absolute Gasteiger partial charge is 0.503 e.